The smallest absolute Gasteiger partial charge is 0.263 e. The molecule has 0 unspecified atom stereocenters. The fourth-order valence-electron chi connectivity index (χ4n) is 2.42. The maximum atomic E-state index is 12.1. The quantitative estimate of drug-likeness (QED) is 0.637. The molecular weight excluding hydrogens is 321 g/mol. The Kier molecular flexibility index (Phi) is 6.11. The number of nitrogens with one attached hydrogen (secondary N) is 2. The van der Waals surface area contributed by atoms with Gasteiger partial charge in [0, 0.05) is 12.2 Å². The summed E-state index contributed by atoms with van der Waals surface area (Å²) in [4.78, 5) is 12.1. The molecule has 0 spiro atoms. The first-order valence-electron chi connectivity index (χ1n) is 7.23. The largest absolute Gasteiger partial charge is 0.359 e. The van der Waals surface area contributed by atoms with Crippen molar-refractivity contribution in [1.82, 2.24) is 5.32 Å². The molecule has 116 valence electrons. The molecule has 1 fully saturated rings. The fourth-order valence-corrected chi connectivity index (χ4v) is 2.78. The molecule has 0 bridgehead atoms. The first-order valence-corrected chi connectivity index (χ1v) is 7.99. The number of rotatable bonds is 4. The van der Waals surface area contributed by atoms with Crippen LogP contribution in [0.15, 0.2) is 30.0 Å². The summed E-state index contributed by atoms with van der Waals surface area (Å²) in [5, 5.41) is 15.7. The van der Waals surface area contributed by atoms with Crippen LogP contribution in [0.1, 0.15) is 32.1 Å². The lowest BCUT2D eigenvalue weighted by molar-refractivity contribution is -0.118. The van der Waals surface area contributed by atoms with E-state index >= 15 is 0 Å². The van der Waals surface area contributed by atoms with E-state index < -0.39 is 0 Å². The Hall–Kier alpha value is -1.70. The van der Waals surface area contributed by atoms with Crippen LogP contribution in [-0.2, 0) is 4.79 Å². The number of hydrogen-bond donors (Lipinski definition) is 2. The molecule has 22 heavy (non-hydrogen) atoms. The standard InChI is InChI=1S/C16H17Cl2N3O/c17-13-7-4-8-14(15(13)18)20-10-11(9-19)16(22)21-12-5-2-1-3-6-12/h4,7-8,10,12,20H,1-3,5-6H2,(H,21,22)/b11-10-. The highest BCUT2D eigenvalue weighted by molar-refractivity contribution is 6.43. The highest BCUT2D eigenvalue weighted by atomic mass is 35.5. The van der Waals surface area contributed by atoms with Crippen molar-refractivity contribution in [2.24, 2.45) is 0 Å². The van der Waals surface area contributed by atoms with Crippen LogP contribution >= 0.6 is 23.2 Å². The predicted molar refractivity (Wildman–Crippen MR) is 88.8 cm³/mol. The van der Waals surface area contributed by atoms with Crippen molar-refractivity contribution in [3.05, 3.63) is 40.0 Å². The third kappa shape index (κ3) is 4.40. The number of anilines is 1. The molecule has 1 aromatic rings. The van der Waals surface area contributed by atoms with Crippen LogP contribution in [0.25, 0.3) is 0 Å². The van der Waals surface area contributed by atoms with Crippen molar-refractivity contribution in [1.29, 1.82) is 5.26 Å². The van der Waals surface area contributed by atoms with Crippen LogP contribution < -0.4 is 10.6 Å². The van der Waals surface area contributed by atoms with Crippen LogP contribution in [0.5, 0.6) is 0 Å². The van der Waals surface area contributed by atoms with Crippen molar-refractivity contribution in [3.8, 4) is 6.07 Å². The van der Waals surface area contributed by atoms with E-state index in [1.165, 1.54) is 12.6 Å². The number of amides is 1. The van der Waals surface area contributed by atoms with Crippen molar-refractivity contribution in [2.45, 2.75) is 38.1 Å². The molecule has 0 aliphatic heterocycles. The maximum Gasteiger partial charge on any atom is 0.263 e. The molecule has 1 saturated carbocycles. The highest BCUT2D eigenvalue weighted by Crippen LogP contribution is 2.29. The Balaban J connectivity index is 2.02. The topological polar surface area (TPSA) is 64.9 Å². The Morgan fingerprint density at radius 2 is 2.00 bits per heavy atom. The normalized spacial score (nSPS) is 16.0. The minimum absolute atomic E-state index is 0.0154. The summed E-state index contributed by atoms with van der Waals surface area (Å²) < 4.78 is 0. The average Bonchev–Trinajstić information content (AvgIpc) is 2.53. The predicted octanol–water partition coefficient (Wildman–Crippen LogP) is 4.26. The van der Waals surface area contributed by atoms with E-state index in [2.05, 4.69) is 10.6 Å². The molecule has 0 saturated heterocycles. The molecule has 1 aliphatic carbocycles. The van der Waals surface area contributed by atoms with E-state index in [1.807, 2.05) is 6.07 Å². The number of carbonyl (C=O) groups is 1. The van der Waals surface area contributed by atoms with E-state index in [1.54, 1.807) is 18.2 Å². The summed E-state index contributed by atoms with van der Waals surface area (Å²) in [5.74, 6) is -0.361. The van der Waals surface area contributed by atoms with Gasteiger partial charge in [-0.05, 0) is 25.0 Å². The van der Waals surface area contributed by atoms with Gasteiger partial charge in [0.2, 0.25) is 0 Å². The van der Waals surface area contributed by atoms with Gasteiger partial charge in [0.15, 0.2) is 0 Å². The van der Waals surface area contributed by atoms with Gasteiger partial charge in [-0.2, -0.15) is 5.26 Å². The van der Waals surface area contributed by atoms with Crippen LogP contribution in [0.4, 0.5) is 5.69 Å². The molecule has 6 heteroatoms. The van der Waals surface area contributed by atoms with Gasteiger partial charge in [-0.25, -0.2) is 0 Å². The summed E-state index contributed by atoms with van der Waals surface area (Å²) in [6, 6.07) is 7.19. The Morgan fingerprint density at radius 1 is 1.27 bits per heavy atom. The van der Waals surface area contributed by atoms with Crippen molar-refractivity contribution in [3.63, 3.8) is 0 Å². The molecule has 0 radical (unpaired) electrons. The first-order chi connectivity index (χ1) is 10.6. The highest BCUT2D eigenvalue weighted by Gasteiger charge is 2.18. The third-order valence-corrected chi connectivity index (χ3v) is 4.45. The lowest BCUT2D eigenvalue weighted by Gasteiger charge is -2.22. The fraction of sp³-hybridized carbons (Fsp3) is 0.375. The zero-order valence-electron chi connectivity index (χ0n) is 12.0. The summed E-state index contributed by atoms with van der Waals surface area (Å²) in [6.45, 7) is 0. The minimum Gasteiger partial charge on any atom is -0.359 e. The Labute approximate surface area is 140 Å². The van der Waals surface area contributed by atoms with E-state index in [-0.39, 0.29) is 17.5 Å². The van der Waals surface area contributed by atoms with Crippen LogP contribution in [0.3, 0.4) is 0 Å². The van der Waals surface area contributed by atoms with E-state index in [4.69, 9.17) is 28.5 Å². The number of hydrogen-bond acceptors (Lipinski definition) is 3. The zero-order chi connectivity index (χ0) is 15.9. The lowest BCUT2D eigenvalue weighted by atomic mass is 9.95. The van der Waals surface area contributed by atoms with Crippen molar-refractivity contribution >= 4 is 34.8 Å². The molecule has 0 aromatic heterocycles. The van der Waals surface area contributed by atoms with Gasteiger partial charge in [-0.15, -0.1) is 0 Å². The Morgan fingerprint density at radius 3 is 2.68 bits per heavy atom. The van der Waals surface area contributed by atoms with E-state index in [0.29, 0.717) is 15.7 Å². The molecule has 2 rings (SSSR count). The molecule has 1 aromatic carbocycles. The van der Waals surface area contributed by atoms with Crippen LogP contribution in [0.2, 0.25) is 10.0 Å². The molecule has 2 N–H and O–H groups in total. The third-order valence-electron chi connectivity index (χ3n) is 3.63. The second-order valence-electron chi connectivity index (χ2n) is 5.22. The summed E-state index contributed by atoms with van der Waals surface area (Å²) in [6.07, 6.45) is 6.74. The molecule has 0 atom stereocenters. The summed E-state index contributed by atoms with van der Waals surface area (Å²) in [5.41, 5.74) is 0.564. The van der Waals surface area contributed by atoms with Gasteiger partial charge in [0.25, 0.3) is 5.91 Å². The molecule has 0 heterocycles. The van der Waals surface area contributed by atoms with Crippen molar-refractivity contribution in [2.75, 3.05) is 5.32 Å². The summed E-state index contributed by atoms with van der Waals surface area (Å²) in [7, 11) is 0. The van der Waals surface area contributed by atoms with Gasteiger partial charge in [0.05, 0.1) is 15.7 Å². The lowest BCUT2D eigenvalue weighted by Crippen LogP contribution is -2.37. The number of benzene rings is 1. The molecule has 4 nitrogen and oxygen atoms in total. The number of nitrogens with zero attached hydrogens (tertiary/aromatic N) is 1. The van der Waals surface area contributed by atoms with Crippen LogP contribution in [-0.4, -0.2) is 11.9 Å². The number of carbonyl (C=O) groups excluding carboxylic acids is 1. The van der Waals surface area contributed by atoms with Gasteiger partial charge in [-0.3, -0.25) is 4.79 Å². The molecule has 1 aliphatic rings. The van der Waals surface area contributed by atoms with Crippen LogP contribution in [0, 0.1) is 11.3 Å². The van der Waals surface area contributed by atoms with Gasteiger partial charge in [-0.1, -0.05) is 48.5 Å². The Bertz CT molecular complexity index is 616. The first kappa shape index (κ1) is 16.7. The summed E-state index contributed by atoms with van der Waals surface area (Å²) >= 11 is 12.0. The molecular formula is C16H17Cl2N3O. The minimum atomic E-state index is -0.361. The van der Waals surface area contributed by atoms with Gasteiger partial charge in [0.1, 0.15) is 11.6 Å². The SMILES string of the molecule is N#C/C(=C/Nc1cccc(Cl)c1Cl)C(=O)NC1CCCCC1. The number of halogens is 2. The maximum absolute atomic E-state index is 12.1. The molecule has 1 amide bonds. The second-order valence-corrected chi connectivity index (χ2v) is 6.01. The van der Waals surface area contributed by atoms with Gasteiger partial charge >= 0.3 is 0 Å². The average molecular weight is 338 g/mol. The zero-order valence-corrected chi connectivity index (χ0v) is 13.5. The van der Waals surface area contributed by atoms with E-state index in [0.717, 1.165) is 25.7 Å². The van der Waals surface area contributed by atoms with E-state index in [9.17, 15) is 4.79 Å². The monoisotopic (exact) mass is 337 g/mol. The van der Waals surface area contributed by atoms with Gasteiger partial charge < -0.3 is 10.6 Å². The second kappa shape index (κ2) is 8.07. The number of nitriles is 1. The van der Waals surface area contributed by atoms with Crippen molar-refractivity contribution < 1.29 is 4.79 Å².